The van der Waals surface area contributed by atoms with Crippen LogP contribution in [0.15, 0.2) is 71.8 Å². The third kappa shape index (κ3) is 6.35. The minimum atomic E-state index is -4.63. The number of aryl methyl sites for hydroxylation is 2. The Kier molecular flexibility index (Phi) is 8.95. The molecule has 1 saturated heterocycles. The monoisotopic (exact) mass is 787 g/mol. The summed E-state index contributed by atoms with van der Waals surface area (Å²) in [5.74, 6) is -1.15. The first kappa shape index (κ1) is 36.9. The predicted molar refractivity (Wildman–Crippen MR) is 197 cm³/mol. The van der Waals surface area contributed by atoms with Gasteiger partial charge in [0.2, 0.25) is 11.7 Å². The van der Waals surface area contributed by atoms with Crippen molar-refractivity contribution in [2.45, 2.75) is 51.1 Å². The maximum absolute atomic E-state index is 14.6. The molecule has 6 aromatic rings. The molecule has 0 radical (unpaired) electrons. The number of benzene rings is 2. The molecule has 2 aliphatic heterocycles. The van der Waals surface area contributed by atoms with Gasteiger partial charge in [-0.1, -0.05) is 35.9 Å². The summed E-state index contributed by atoms with van der Waals surface area (Å²) in [6.07, 6.45) is -1.64. The molecule has 56 heavy (non-hydrogen) atoms. The van der Waals surface area contributed by atoms with Crippen molar-refractivity contribution in [3.8, 4) is 28.4 Å². The topological polar surface area (TPSA) is 162 Å². The number of amides is 2. The average Bonchev–Trinajstić information content (AvgIpc) is 3.84. The van der Waals surface area contributed by atoms with Crippen LogP contribution < -0.4 is 10.9 Å². The van der Waals surface area contributed by atoms with E-state index in [0.717, 1.165) is 39.5 Å². The van der Waals surface area contributed by atoms with Gasteiger partial charge in [0.1, 0.15) is 17.9 Å². The lowest BCUT2D eigenvalue weighted by Crippen LogP contribution is -2.47. The second-order valence-electron chi connectivity index (χ2n) is 13.9. The van der Waals surface area contributed by atoms with E-state index in [1.807, 2.05) is 32.3 Å². The second kappa shape index (κ2) is 13.6. The lowest BCUT2D eigenvalue weighted by atomic mass is 9.85. The Labute approximate surface area is 321 Å². The number of carbonyl (C=O) groups excluding carboxylic acids is 2. The molecule has 2 N–H and O–H groups in total. The fourth-order valence-corrected chi connectivity index (χ4v) is 7.83. The van der Waals surface area contributed by atoms with Crippen molar-refractivity contribution in [2.75, 3.05) is 18.4 Å². The lowest BCUT2D eigenvalue weighted by molar-refractivity contribution is -0.137. The first-order chi connectivity index (χ1) is 26.6. The largest absolute Gasteiger partial charge is 0.505 e. The van der Waals surface area contributed by atoms with Crippen LogP contribution in [0.4, 0.5) is 18.9 Å². The molecule has 2 aliphatic rings. The van der Waals surface area contributed by atoms with E-state index in [9.17, 15) is 32.7 Å². The number of hydrogen-bond donors (Lipinski definition) is 2. The van der Waals surface area contributed by atoms with Crippen LogP contribution in [0.5, 0.6) is 5.75 Å². The summed E-state index contributed by atoms with van der Waals surface area (Å²) in [6.45, 7) is 3.59. The average molecular weight is 788 g/mol. The number of alkyl halides is 3. The minimum Gasteiger partial charge on any atom is -0.505 e. The van der Waals surface area contributed by atoms with Crippen LogP contribution in [-0.4, -0.2) is 68.8 Å². The number of aromatic nitrogens is 7. The SMILES string of the molecule is Cc1cn(C)nc1-c1ccc(-c2nc3n(CC(=O)Nc4ccc(C(F)(F)F)cc4Cl)c4c(c(=O)n3n2)C2(CCN(C(=O)c3ncccc3O)CC2)O[C@@H]4C)cc1. The molecule has 288 valence electrons. The highest BCUT2D eigenvalue weighted by Crippen LogP contribution is 2.48. The van der Waals surface area contributed by atoms with Crippen molar-refractivity contribution in [3.05, 3.63) is 110 Å². The minimum absolute atomic E-state index is 0.0350. The van der Waals surface area contributed by atoms with Gasteiger partial charge in [-0.3, -0.25) is 19.1 Å². The number of nitrogens with one attached hydrogen (secondary N) is 1. The maximum atomic E-state index is 14.6. The number of anilines is 1. The van der Waals surface area contributed by atoms with Crippen LogP contribution in [0, 0.1) is 6.92 Å². The number of nitrogens with zero attached hydrogens (tertiary/aromatic N) is 8. The Morgan fingerprint density at radius 1 is 1.07 bits per heavy atom. The highest BCUT2D eigenvalue weighted by Gasteiger charge is 2.50. The van der Waals surface area contributed by atoms with Crippen LogP contribution in [0.3, 0.4) is 0 Å². The molecule has 18 heteroatoms. The fraction of sp³-hybridized carbons (Fsp3) is 0.289. The first-order valence-electron chi connectivity index (χ1n) is 17.6. The van der Waals surface area contributed by atoms with Crippen molar-refractivity contribution in [1.82, 2.24) is 38.8 Å². The quantitative estimate of drug-likeness (QED) is 0.209. The molecule has 4 aromatic heterocycles. The summed E-state index contributed by atoms with van der Waals surface area (Å²) in [5, 5.41) is 21.7. The standard InChI is InChI=1S/C38H33ClF3N9O5/c1-20-18-48(3)46-30(20)22-6-8-23(9-7-22)33-45-36-50(19-28(53)44-26-11-10-24(17-25(26)39)38(40,41)42)32-21(2)56-37(29(32)34(54)51(36)47-33)12-15-49(16-13-37)35(55)31-27(52)5-4-14-43-31/h4-11,14,17-18,21,52H,12-13,15-16,19H2,1-3H3,(H,44,53)/t21-/m1/s1. The van der Waals surface area contributed by atoms with E-state index in [-0.39, 0.29) is 65.3 Å². The maximum Gasteiger partial charge on any atom is 0.416 e. The van der Waals surface area contributed by atoms with Gasteiger partial charge in [0, 0.05) is 43.7 Å². The Balaban J connectivity index is 1.18. The smallest absolute Gasteiger partial charge is 0.416 e. The highest BCUT2D eigenvalue weighted by atomic mass is 35.5. The Morgan fingerprint density at radius 3 is 2.43 bits per heavy atom. The molecule has 1 atom stereocenters. The number of carbonyl (C=O) groups is 2. The Bertz CT molecular complexity index is 2610. The number of ether oxygens (including phenoxy) is 1. The number of rotatable bonds is 6. The highest BCUT2D eigenvalue weighted by molar-refractivity contribution is 6.33. The summed E-state index contributed by atoms with van der Waals surface area (Å²) in [5.41, 5.74) is 1.08. The first-order valence-corrected chi connectivity index (χ1v) is 17.9. The van der Waals surface area contributed by atoms with Crippen LogP contribution in [-0.2, 0) is 34.9 Å². The number of piperidine rings is 1. The van der Waals surface area contributed by atoms with Gasteiger partial charge in [0.15, 0.2) is 11.5 Å². The molecule has 2 amide bonds. The molecule has 6 heterocycles. The lowest BCUT2D eigenvalue weighted by Gasteiger charge is -2.39. The zero-order chi connectivity index (χ0) is 39.7. The summed E-state index contributed by atoms with van der Waals surface area (Å²) < 4.78 is 50.8. The molecule has 14 nitrogen and oxygen atoms in total. The number of likely N-dealkylation sites (tertiary alicyclic amines) is 1. The van der Waals surface area contributed by atoms with Gasteiger partial charge in [-0.05, 0) is 62.6 Å². The molecular weight excluding hydrogens is 755 g/mol. The van der Waals surface area contributed by atoms with E-state index < -0.39 is 47.4 Å². The normalized spacial score (nSPS) is 16.4. The summed E-state index contributed by atoms with van der Waals surface area (Å²) >= 11 is 6.17. The number of aromatic hydroxyl groups is 1. The van der Waals surface area contributed by atoms with Gasteiger partial charge < -0.3 is 24.6 Å². The zero-order valence-corrected chi connectivity index (χ0v) is 30.9. The van der Waals surface area contributed by atoms with Crippen LogP contribution in [0.25, 0.3) is 28.4 Å². The van der Waals surface area contributed by atoms with Gasteiger partial charge in [0.25, 0.3) is 11.5 Å². The summed E-state index contributed by atoms with van der Waals surface area (Å²) in [7, 11) is 1.84. The van der Waals surface area contributed by atoms with E-state index in [4.69, 9.17) is 21.3 Å². The van der Waals surface area contributed by atoms with Crippen LogP contribution in [0.1, 0.15) is 58.7 Å². The van der Waals surface area contributed by atoms with Gasteiger partial charge >= 0.3 is 6.18 Å². The predicted octanol–water partition coefficient (Wildman–Crippen LogP) is 5.90. The molecule has 0 bridgehead atoms. The third-order valence-corrected chi connectivity index (χ3v) is 10.5. The van der Waals surface area contributed by atoms with Gasteiger partial charge in [0.05, 0.1) is 39.3 Å². The van der Waals surface area contributed by atoms with E-state index in [2.05, 4.69) is 20.5 Å². The molecule has 0 saturated carbocycles. The van der Waals surface area contributed by atoms with Gasteiger partial charge in [-0.2, -0.15) is 27.8 Å². The molecule has 0 aliphatic carbocycles. The Hall–Kier alpha value is -6.07. The van der Waals surface area contributed by atoms with E-state index in [1.165, 1.54) is 27.8 Å². The number of hydrogen-bond acceptors (Lipinski definition) is 9. The van der Waals surface area contributed by atoms with Crippen molar-refractivity contribution in [3.63, 3.8) is 0 Å². The molecule has 2 aromatic carbocycles. The summed E-state index contributed by atoms with van der Waals surface area (Å²) in [4.78, 5) is 51.9. The van der Waals surface area contributed by atoms with Crippen molar-refractivity contribution in [1.29, 1.82) is 0 Å². The van der Waals surface area contributed by atoms with E-state index in [1.54, 1.807) is 23.7 Å². The zero-order valence-electron chi connectivity index (χ0n) is 30.1. The third-order valence-electron chi connectivity index (χ3n) is 10.2. The van der Waals surface area contributed by atoms with Crippen LogP contribution in [0.2, 0.25) is 5.02 Å². The summed E-state index contributed by atoms with van der Waals surface area (Å²) in [6, 6.07) is 12.8. The van der Waals surface area contributed by atoms with Crippen molar-refractivity contribution < 1.29 is 32.6 Å². The number of pyridine rings is 1. The second-order valence-corrected chi connectivity index (χ2v) is 14.3. The van der Waals surface area contributed by atoms with Crippen LogP contribution >= 0.6 is 11.6 Å². The number of halogens is 4. The van der Waals surface area contributed by atoms with E-state index >= 15 is 0 Å². The molecule has 1 fully saturated rings. The fourth-order valence-electron chi connectivity index (χ4n) is 7.60. The Morgan fingerprint density at radius 2 is 1.79 bits per heavy atom. The van der Waals surface area contributed by atoms with Gasteiger partial charge in [-0.15, -0.1) is 5.10 Å². The van der Waals surface area contributed by atoms with E-state index in [0.29, 0.717) is 11.3 Å². The molecule has 8 rings (SSSR count). The van der Waals surface area contributed by atoms with Crippen molar-refractivity contribution in [2.24, 2.45) is 7.05 Å². The molecule has 1 spiro atoms. The van der Waals surface area contributed by atoms with Gasteiger partial charge in [-0.25, -0.2) is 4.98 Å². The molecule has 0 unspecified atom stereocenters. The van der Waals surface area contributed by atoms with Crippen molar-refractivity contribution >= 4 is 34.9 Å². The molecular formula is C38H33ClF3N9O5. The number of fused-ring (bicyclic) bond motifs is 3.